The zero-order valence-corrected chi connectivity index (χ0v) is 17.0. The summed E-state index contributed by atoms with van der Waals surface area (Å²) in [5, 5.41) is 3.42. The molecule has 0 radical (unpaired) electrons. The number of hydrogen-bond donors (Lipinski definition) is 1. The summed E-state index contributed by atoms with van der Waals surface area (Å²) in [7, 11) is 0. The molecule has 0 atom stereocenters. The molecule has 0 fully saturated rings. The summed E-state index contributed by atoms with van der Waals surface area (Å²) in [5.41, 5.74) is 6.82. The van der Waals surface area contributed by atoms with Crippen molar-refractivity contribution >= 4 is 5.69 Å². The normalized spacial score (nSPS) is 11.9. The predicted molar refractivity (Wildman–Crippen MR) is 123 cm³/mol. The summed E-state index contributed by atoms with van der Waals surface area (Å²) in [6, 6.07) is 18.9. The third kappa shape index (κ3) is 7.37. The van der Waals surface area contributed by atoms with Crippen LogP contribution < -0.4 is 5.32 Å². The fourth-order valence-corrected chi connectivity index (χ4v) is 2.48. The van der Waals surface area contributed by atoms with Crippen molar-refractivity contribution in [1.29, 1.82) is 0 Å². The molecular formula is C26H31N. The fraction of sp³-hybridized carbons (Fsp3) is 0.154. The summed E-state index contributed by atoms with van der Waals surface area (Å²) >= 11 is 0. The summed E-state index contributed by atoms with van der Waals surface area (Å²) in [5.74, 6) is 0. The molecule has 27 heavy (non-hydrogen) atoms. The first-order valence-corrected chi connectivity index (χ1v) is 9.37. The number of nitrogens with one attached hydrogen (secondary N) is 1. The van der Waals surface area contributed by atoms with Crippen molar-refractivity contribution in [3.8, 4) is 11.1 Å². The maximum absolute atomic E-state index is 3.84. The lowest BCUT2D eigenvalue weighted by Gasteiger charge is -2.08. The third-order valence-corrected chi connectivity index (χ3v) is 3.89. The monoisotopic (exact) mass is 357 g/mol. The minimum Gasteiger partial charge on any atom is -0.359 e. The van der Waals surface area contributed by atoms with Gasteiger partial charge < -0.3 is 5.32 Å². The quantitative estimate of drug-likeness (QED) is 0.496. The first kappa shape index (κ1) is 22.0. The molecule has 0 spiro atoms. The van der Waals surface area contributed by atoms with Gasteiger partial charge in [-0.25, -0.2) is 0 Å². The molecular weight excluding hydrogens is 326 g/mol. The molecule has 0 amide bonds. The molecule has 140 valence electrons. The molecule has 0 aliphatic heterocycles. The van der Waals surface area contributed by atoms with Crippen molar-refractivity contribution in [2.24, 2.45) is 0 Å². The molecule has 2 rings (SSSR count). The van der Waals surface area contributed by atoms with Crippen molar-refractivity contribution in [3.63, 3.8) is 0 Å². The molecule has 1 nitrogen and oxygen atoms in total. The molecule has 2 aromatic carbocycles. The van der Waals surface area contributed by atoms with Crippen molar-refractivity contribution in [2.75, 3.05) is 5.32 Å². The highest BCUT2D eigenvalue weighted by Crippen LogP contribution is 2.21. The van der Waals surface area contributed by atoms with Crippen LogP contribution in [0.3, 0.4) is 0 Å². The molecule has 0 aliphatic carbocycles. The highest BCUT2D eigenvalue weighted by molar-refractivity contribution is 5.66. The van der Waals surface area contributed by atoms with Gasteiger partial charge in [-0.2, -0.15) is 0 Å². The number of anilines is 1. The Labute approximate surface area is 165 Å². The molecule has 1 N–H and O–H groups in total. The fourth-order valence-electron chi connectivity index (χ4n) is 2.48. The van der Waals surface area contributed by atoms with E-state index in [1.807, 2.05) is 32.1 Å². The molecule has 2 aromatic rings. The Hall–Kier alpha value is -3.06. The summed E-state index contributed by atoms with van der Waals surface area (Å²) in [4.78, 5) is 0. The molecule has 0 heterocycles. The molecule has 0 aliphatic rings. The summed E-state index contributed by atoms with van der Waals surface area (Å²) in [6.07, 6.45) is 9.72. The molecule has 0 saturated carbocycles. The largest absolute Gasteiger partial charge is 0.359 e. The Morgan fingerprint density at radius 3 is 1.93 bits per heavy atom. The minimum atomic E-state index is 1.07. The van der Waals surface area contributed by atoms with Crippen LogP contribution in [0.4, 0.5) is 5.69 Å². The first-order valence-electron chi connectivity index (χ1n) is 9.37. The molecule has 0 unspecified atom stereocenters. The number of allylic oxidation sites excluding steroid dienone is 8. The van der Waals surface area contributed by atoms with E-state index in [4.69, 9.17) is 0 Å². The highest BCUT2D eigenvalue weighted by atomic mass is 14.9. The van der Waals surface area contributed by atoms with Gasteiger partial charge in [0.1, 0.15) is 0 Å². The SMILES string of the molecule is C=C/C=C(C=C)/C(C)=C/C=C(\C)Nc1ccc(-c2ccccc2)cc1.CC. The van der Waals surface area contributed by atoms with Gasteiger partial charge in [0.25, 0.3) is 0 Å². The lowest BCUT2D eigenvalue weighted by molar-refractivity contribution is 1.36. The Balaban J connectivity index is 0.00000176. The Morgan fingerprint density at radius 1 is 0.778 bits per heavy atom. The lowest BCUT2D eigenvalue weighted by Crippen LogP contribution is -1.95. The van der Waals surface area contributed by atoms with E-state index in [0.717, 1.165) is 22.5 Å². The summed E-state index contributed by atoms with van der Waals surface area (Å²) in [6.45, 7) is 15.7. The average Bonchev–Trinajstić information content (AvgIpc) is 2.73. The zero-order chi connectivity index (χ0) is 20.1. The Kier molecular flexibility index (Phi) is 10.0. The van der Waals surface area contributed by atoms with E-state index in [-0.39, 0.29) is 0 Å². The lowest BCUT2D eigenvalue weighted by atomic mass is 10.1. The molecule has 0 aromatic heterocycles. The topological polar surface area (TPSA) is 12.0 Å². The van der Waals surface area contributed by atoms with Crippen molar-refractivity contribution in [2.45, 2.75) is 27.7 Å². The van der Waals surface area contributed by atoms with Crippen molar-refractivity contribution < 1.29 is 0 Å². The van der Waals surface area contributed by atoms with Crippen LogP contribution >= 0.6 is 0 Å². The molecule has 0 bridgehead atoms. The van der Waals surface area contributed by atoms with Gasteiger partial charge in [-0.15, -0.1) is 0 Å². The maximum Gasteiger partial charge on any atom is 0.0382 e. The van der Waals surface area contributed by atoms with Crippen LogP contribution in [0.15, 0.2) is 115 Å². The van der Waals surface area contributed by atoms with Gasteiger partial charge in [0.05, 0.1) is 0 Å². The van der Waals surface area contributed by atoms with Crippen molar-refractivity contribution in [3.05, 3.63) is 115 Å². The van der Waals surface area contributed by atoms with Gasteiger partial charge in [0, 0.05) is 11.4 Å². The first-order chi connectivity index (χ1) is 13.1. The Morgan fingerprint density at radius 2 is 1.37 bits per heavy atom. The second kappa shape index (κ2) is 12.3. The second-order valence-electron chi connectivity index (χ2n) is 5.83. The van der Waals surface area contributed by atoms with Crippen LogP contribution in [0, 0.1) is 0 Å². The van der Waals surface area contributed by atoms with E-state index in [1.54, 1.807) is 6.08 Å². The average molecular weight is 358 g/mol. The van der Waals surface area contributed by atoms with E-state index < -0.39 is 0 Å². The van der Waals surface area contributed by atoms with Crippen LogP contribution in [0.5, 0.6) is 0 Å². The van der Waals surface area contributed by atoms with Gasteiger partial charge in [0.2, 0.25) is 0 Å². The predicted octanol–water partition coefficient (Wildman–Crippen LogP) is 7.94. The van der Waals surface area contributed by atoms with Crippen LogP contribution in [0.1, 0.15) is 27.7 Å². The van der Waals surface area contributed by atoms with Gasteiger partial charge >= 0.3 is 0 Å². The number of benzene rings is 2. The van der Waals surface area contributed by atoms with Crippen LogP contribution in [-0.2, 0) is 0 Å². The van der Waals surface area contributed by atoms with E-state index in [9.17, 15) is 0 Å². The molecule has 0 saturated heterocycles. The molecule has 1 heteroatoms. The van der Waals surface area contributed by atoms with E-state index in [2.05, 4.69) is 93.0 Å². The maximum atomic E-state index is 3.84. The highest BCUT2D eigenvalue weighted by Gasteiger charge is 1.98. The standard InChI is InChI=1S/C24H25N.C2H6/c1-5-10-21(6-2)19(3)13-14-20(4)25-24-17-15-23(16-18-24)22-11-8-7-9-12-22;1-2/h5-18,25H,1-2H2,3-4H3;1-2H3/b19-13+,20-14+,21-10+;. The third-order valence-electron chi connectivity index (χ3n) is 3.89. The smallest absolute Gasteiger partial charge is 0.0382 e. The van der Waals surface area contributed by atoms with Gasteiger partial charge in [-0.3, -0.25) is 0 Å². The van der Waals surface area contributed by atoms with Crippen LogP contribution in [0.25, 0.3) is 11.1 Å². The second-order valence-corrected chi connectivity index (χ2v) is 5.83. The van der Waals surface area contributed by atoms with Crippen LogP contribution in [-0.4, -0.2) is 0 Å². The zero-order valence-electron chi connectivity index (χ0n) is 17.0. The van der Waals surface area contributed by atoms with Crippen LogP contribution in [0.2, 0.25) is 0 Å². The Bertz CT molecular complexity index is 803. The van der Waals surface area contributed by atoms with E-state index >= 15 is 0 Å². The minimum absolute atomic E-state index is 1.07. The van der Waals surface area contributed by atoms with Gasteiger partial charge in [-0.1, -0.05) is 93.8 Å². The van der Waals surface area contributed by atoms with Gasteiger partial charge in [0.15, 0.2) is 0 Å². The number of rotatable bonds is 7. The van der Waals surface area contributed by atoms with E-state index in [0.29, 0.717) is 0 Å². The van der Waals surface area contributed by atoms with E-state index in [1.165, 1.54) is 11.1 Å². The number of hydrogen-bond acceptors (Lipinski definition) is 1. The van der Waals surface area contributed by atoms with Crippen molar-refractivity contribution in [1.82, 2.24) is 0 Å². The van der Waals surface area contributed by atoms with Gasteiger partial charge in [-0.05, 0) is 54.3 Å². The summed E-state index contributed by atoms with van der Waals surface area (Å²) < 4.78 is 0.